The first-order valence-electron chi connectivity index (χ1n) is 8.44. The van der Waals surface area contributed by atoms with Crippen molar-refractivity contribution in [3.63, 3.8) is 0 Å². The number of methoxy groups -OCH3 is 1. The van der Waals surface area contributed by atoms with Crippen LogP contribution in [-0.4, -0.2) is 13.0 Å². The standard InChI is InChI=1S/C21H27NO2/c1-6-19(18-9-7-14(2)15(3)12-18)22-21(23)13-17-8-10-20(24-5)16(4)11-17/h7-12,19H,6,13H2,1-5H3,(H,22,23)/t19-/m1/s1. The minimum Gasteiger partial charge on any atom is -0.496 e. The number of ether oxygens (including phenoxy) is 1. The molecule has 1 amide bonds. The first-order chi connectivity index (χ1) is 11.4. The fourth-order valence-corrected chi connectivity index (χ4v) is 2.88. The minimum absolute atomic E-state index is 0.0460. The first kappa shape index (κ1) is 18.1. The van der Waals surface area contributed by atoms with Crippen LogP contribution in [0.15, 0.2) is 36.4 Å². The minimum atomic E-state index is 0.0460. The molecule has 2 aromatic rings. The molecule has 0 aliphatic carbocycles. The Morgan fingerprint density at radius 3 is 2.38 bits per heavy atom. The Labute approximate surface area is 145 Å². The van der Waals surface area contributed by atoms with E-state index in [-0.39, 0.29) is 11.9 Å². The number of hydrogen-bond acceptors (Lipinski definition) is 2. The molecule has 24 heavy (non-hydrogen) atoms. The number of carbonyl (C=O) groups is 1. The van der Waals surface area contributed by atoms with Gasteiger partial charge in [-0.05, 0) is 61.1 Å². The van der Waals surface area contributed by atoms with Crippen LogP contribution in [0.1, 0.15) is 47.2 Å². The maximum absolute atomic E-state index is 12.4. The molecule has 3 nitrogen and oxygen atoms in total. The Morgan fingerprint density at radius 1 is 1.04 bits per heavy atom. The summed E-state index contributed by atoms with van der Waals surface area (Å²) in [7, 11) is 1.66. The lowest BCUT2D eigenvalue weighted by Crippen LogP contribution is -2.29. The van der Waals surface area contributed by atoms with Gasteiger partial charge in [-0.25, -0.2) is 0 Å². The van der Waals surface area contributed by atoms with E-state index >= 15 is 0 Å². The van der Waals surface area contributed by atoms with Crippen molar-refractivity contribution < 1.29 is 9.53 Å². The van der Waals surface area contributed by atoms with E-state index in [4.69, 9.17) is 4.74 Å². The molecule has 3 heteroatoms. The number of nitrogens with one attached hydrogen (secondary N) is 1. The van der Waals surface area contributed by atoms with Crippen LogP contribution in [0.5, 0.6) is 5.75 Å². The van der Waals surface area contributed by atoms with Crippen LogP contribution in [0, 0.1) is 20.8 Å². The van der Waals surface area contributed by atoms with Crippen molar-refractivity contribution in [3.05, 3.63) is 64.2 Å². The molecule has 2 rings (SSSR count). The highest BCUT2D eigenvalue weighted by molar-refractivity contribution is 5.79. The van der Waals surface area contributed by atoms with Gasteiger partial charge in [0.05, 0.1) is 19.6 Å². The van der Waals surface area contributed by atoms with Gasteiger partial charge in [0, 0.05) is 0 Å². The van der Waals surface area contributed by atoms with Gasteiger partial charge in [-0.3, -0.25) is 4.79 Å². The third kappa shape index (κ3) is 4.38. The maximum Gasteiger partial charge on any atom is 0.224 e. The largest absolute Gasteiger partial charge is 0.496 e. The van der Waals surface area contributed by atoms with E-state index in [9.17, 15) is 4.79 Å². The molecular formula is C21H27NO2. The Morgan fingerprint density at radius 2 is 1.79 bits per heavy atom. The summed E-state index contributed by atoms with van der Waals surface area (Å²) in [4.78, 5) is 12.4. The number of aryl methyl sites for hydroxylation is 3. The summed E-state index contributed by atoms with van der Waals surface area (Å²) in [6.45, 7) is 8.29. The van der Waals surface area contributed by atoms with Gasteiger partial charge in [0.15, 0.2) is 0 Å². The van der Waals surface area contributed by atoms with Crippen molar-refractivity contribution in [3.8, 4) is 5.75 Å². The van der Waals surface area contributed by atoms with Crippen LogP contribution in [0.3, 0.4) is 0 Å². The van der Waals surface area contributed by atoms with Crippen molar-refractivity contribution in [2.45, 2.75) is 46.6 Å². The summed E-state index contributed by atoms with van der Waals surface area (Å²) in [5.41, 5.74) is 5.74. The highest BCUT2D eigenvalue weighted by Crippen LogP contribution is 2.21. The van der Waals surface area contributed by atoms with Gasteiger partial charge in [0.2, 0.25) is 5.91 Å². The quantitative estimate of drug-likeness (QED) is 0.853. The summed E-state index contributed by atoms with van der Waals surface area (Å²) >= 11 is 0. The van der Waals surface area contributed by atoms with Gasteiger partial charge in [0.25, 0.3) is 0 Å². The molecule has 0 aromatic heterocycles. The zero-order valence-electron chi connectivity index (χ0n) is 15.3. The number of hydrogen-bond donors (Lipinski definition) is 1. The van der Waals surface area contributed by atoms with Crippen LogP contribution >= 0.6 is 0 Å². The van der Waals surface area contributed by atoms with Gasteiger partial charge < -0.3 is 10.1 Å². The lowest BCUT2D eigenvalue weighted by atomic mass is 9.99. The predicted molar refractivity (Wildman–Crippen MR) is 98.5 cm³/mol. The molecule has 0 saturated carbocycles. The normalized spacial score (nSPS) is 11.9. The third-order valence-electron chi connectivity index (χ3n) is 4.50. The summed E-state index contributed by atoms with van der Waals surface area (Å²) in [5.74, 6) is 0.894. The molecule has 0 bridgehead atoms. The number of rotatable bonds is 6. The van der Waals surface area contributed by atoms with E-state index in [2.05, 4.69) is 44.3 Å². The van der Waals surface area contributed by atoms with Crippen LogP contribution in [0.4, 0.5) is 0 Å². The fourth-order valence-electron chi connectivity index (χ4n) is 2.88. The average molecular weight is 325 g/mol. The molecule has 0 aliphatic rings. The first-order valence-corrected chi connectivity index (χ1v) is 8.44. The Balaban J connectivity index is 2.06. The van der Waals surface area contributed by atoms with Gasteiger partial charge in [-0.2, -0.15) is 0 Å². The SMILES string of the molecule is CC[C@@H](NC(=O)Cc1ccc(OC)c(C)c1)c1ccc(C)c(C)c1. The third-order valence-corrected chi connectivity index (χ3v) is 4.50. The lowest BCUT2D eigenvalue weighted by Gasteiger charge is -2.19. The zero-order chi connectivity index (χ0) is 17.7. The monoisotopic (exact) mass is 325 g/mol. The maximum atomic E-state index is 12.4. The Hall–Kier alpha value is -2.29. The number of amides is 1. The van der Waals surface area contributed by atoms with E-state index < -0.39 is 0 Å². The molecule has 0 radical (unpaired) electrons. The topological polar surface area (TPSA) is 38.3 Å². The molecule has 0 aliphatic heterocycles. The van der Waals surface area contributed by atoms with Gasteiger partial charge >= 0.3 is 0 Å². The van der Waals surface area contributed by atoms with Crippen LogP contribution < -0.4 is 10.1 Å². The summed E-state index contributed by atoms with van der Waals surface area (Å²) in [6.07, 6.45) is 1.25. The van der Waals surface area contributed by atoms with Crippen LogP contribution in [0.2, 0.25) is 0 Å². The fraction of sp³-hybridized carbons (Fsp3) is 0.381. The van der Waals surface area contributed by atoms with Gasteiger partial charge in [-0.1, -0.05) is 37.3 Å². The summed E-state index contributed by atoms with van der Waals surface area (Å²) in [5, 5.41) is 3.16. The molecular weight excluding hydrogens is 298 g/mol. The molecule has 2 aromatic carbocycles. The molecule has 1 atom stereocenters. The van der Waals surface area contributed by atoms with Gasteiger partial charge in [0.1, 0.15) is 5.75 Å². The van der Waals surface area contributed by atoms with Crippen molar-refractivity contribution in [2.24, 2.45) is 0 Å². The lowest BCUT2D eigenvalue weighted by molar-refractivity contribution is -0.121. The second kappa shape index (κ2) is 8.00. The predicted octanol–water partition coefficient (Wildman–Crippen LogP) is 4.43. The Kier molecular flexibility index (Phi) is 6.02. The van der Waals surface area contributed by atoms with E-state index in [1.165, 1.54) is 16.7 Å². The molecule has 0 saturated heterocycles. The molecule has 1 N–H and O–H groups in total. The van der Waals surface area contributed by atoms with Gasteiger partial charge in [-0.15, -0.1) is 0 Å². The summed E-state index contributed by atoms with van der Waals surface area (Å²) in [6, 6.07) is 12.3. The smallest absolute Gasteiger partial charge is 0.224 e. The van der Waals surface area contributed by atoms with Crippen molar-refractivity contribution in [2.75, 3.05) is 7.11 Å². The van der Waals surface area contributed by atoms with E-state index in [1.54, 1.807) is 7.11 Å². The molecule has 0 unspecified atom stereocenters. The second-order valence-corrected chi connectivity index (χ2v) is 6.35. The van der Waals surface area contributed by atoms with Crippen molar-refractivity contribution in [1.82, 2.24) is 5.32 Å². The molecule has 128 valence electrons. The highest BCUT2D eigenvalue weighted by atomic mass is 16.5. The second-order valence-electron chi connectivity index (χ2n) is 6.35. The Bertz CT molecular complexity index is 722. The van der Waals surface area contributed by atoms with E-state index in [1.807, 2.05) is 25.1 Å². The van der Waals surface area contributed by atoms with Crippen LogP contribution in [0.25, 0.3) is 0 Å². The van der Waals surface area contributed by atoms with Crippen LogP contribution in [-0.2, 0) is 11.2 Å². The summed E-state index contributed by atoms with van der Waals surface area (Å²) < 4.78 is 5.26. The number of carbonyl (C=O) groups excluding carboxylic acids is 1. The van der Waals surface area contributed by atoms with Crippen molar-refractivity contribution >= 4 is 5.91 Å². The average Bonchev–Trinajstić information content (AvgIpc) is 2.55. The molecule has 0 heterocycles. The number of benzene rings is 2. The highest BCUT2D eigenvalue weighted by Gasteiger charge is 2.14. The van der Waals surface area contributed by atoms with E-state index in [0.29, 0.717) is 6.42 Å². The van der Waals surface area contributed by atoms with Crippen molar-refractivity contribution in [1.29, 1.82) is 0 Å². The van der Waals surface area contributed by atoms with E-state index in [0.717, 1.165) is 23.3 Å². The molecule has 0 fully saturated rings. The zero-order valence-corrected chi connectivity index (χ0v) is 15.3. The molecule has 0 spiro atoms.